The topological polar surface area (TPSA) is 180 Å². The van der Waals surface area contributed by atoms with Crippen LogP contribution in [0, 0.1) is 0 Å². The highest BCUT2D eigenvalue weighted by Crippen LogP contribution is 2.39. The number of likely N-dealkylation sites (tertiary alicyclic amines) is 1. The fraction of sp³-hybridized carbons (Fsp3) is 0.500. The van der Waals surface area contributed by atoms with Gasteiger partial charge in [0.25, 0.3) is 6.47 Å². The molecule has 2 saturated heterocycles. The molecule has 6 heterocycles. The van der Waals surface area contributed by atoms with Gasteiger partial charge in [0.2, 0.25) is 5.95 Å². The number of urea groups is 1. The number of aliphatic hydroxyl groups excluding tert-OH is 1. The molecule has 0 unspecified atom stereocenters. The Morgan fingerprint density at radius 2 is 1.80 bits per heavy atom. The standard InChI is InChI=1S/C39H51N11O3.CH2O2/c1-26-9-7-8-17-48(26)38-44-43-35-15-12-29(25-49(35)38)53-33-14-13-32(30-10-5-6-11-31(30)33)41-37(52)42-36-21-34(39(2,3)4)45-50(36)27-22-40-47(23-27)20-19-46-18-16-28(51)24-46;2-1-3/h5-6,10-12,15,21-23,25-26,28,32-33,51H,7-9,13-14,16-20,24H2,1-4H3,(H2,41,42,52);1H,(H,2,3)/t26-,28-,32-,33+;/m0./s1. The summed E-state index contributed by atoms with van der Waals surface area (Å²) in [4.78, 5) is 26.7. The Balaban J connectivity index is 0.00000155. The number of nitrogens with zero attached hydrogens (tertiary/aromatic N) is 9. The number of pyridine rings is 1. The molecule has 56 heavy (non-hydrogen) atoms. The van der Waals surface area contributed by atoms with Crippen LogP contribution in [-0.4, -0.2) is 100 Å². The van der Waals surface area contributed by atoms with E-state index in [1.165, 1.54) is 6.42 Å². The third kappa shape index (κ3) is 8.65. The lowest BCUT2D eigenvalue weighted by molar-refractivity contribution is -0.122. The third-order valence-corrected chi connectivity index (χ3v) is 10.9. The summed E-state index contributed by atoms with van der Waals surface area (Å²) in [5, 5.41) is 41.6. The number of β-amino-alcohol motifs (C(OH)–C–C–N with tert-alkyl or cyclic N) is 1. The van der Waals surface area contributed by atoms with E-state index >= 15 is 0 Å². The zero-order valence-corrected chi connectivity index (χ0v) is 32.6. The van der Waals surface area contributed by atoms with Crippen molar-refractivity contribution in [3.8, 4) is 11.4 Å². The number of rotatable bonds is 9. The van der Waals surface area contributed by atoms with Gasteiger partial charge in [0.15, 0.2) is 5.65 Å². The highest BCUT2D eigenvalue weighted by atomic mass is 16.5. The number of fused-ring (bicyclic) bond motifs is 2. The molecular weight excluding hydrogens is 715 g/mol. The molecule has 8 rings (SSSR count). The van der Waals surface area contributed by atoms with Gasteiger partial charge in [-0.05, 0) is 68.7 Å². The Hall–Kier alpha value is -5.48. The minimum atomic E-state index is -0.303. The largest absolute Gasteiger partial charge is 0.484 e. The monoisotopic (exact) mass is 767 g/mol. The number of piperidine rings is 1. The zero-order valence-electron chi connectivity index (χ0n) is 32.6. The molecule has 2 aliphatic heterocycles. The molecule has 0 radical (unpaired) electrons. The number of benzene rings is 1. The Morgan fingerprint density at radius 1 is 1.00 bits per heavy atom. The minimum Gasteiger partial charge on any atom is -0.484 e. The number of anilines is 2. The van der Waals surface area contributed by atoms with Gasteiger partial charge in [0.05, 0.1) is 43.0 Å². The summed E-state index contributed by atoms with van der Waals surface area (Å²) in [6.45, 7) is 12.4. The molecule has 16 nitrogen and oxygen atoms in total. The molecule has 1 aliphatic carbocycles. The van der Waals surface area contributed by atoms with Gasteiger partial charge in [-0.25, -0.2) is 9.48 Å². The third-order valence-electron chi connectivity index (χ3n) is 10.9. The second-order valence-corrected chi connectivity index (χ2v) is 16.0. The van der Waals surface area contributed by atoms with E-state index in [1.807, 2.05) is 51.8 Å². The van der Waals surface area contributed by atoms with E-state index in [4.69, 9.17) is 19.7 Å². The van der Waals surface area contributed by atoms with Crippen LogP contribution in [0.1, 0.15) is 95.2 Å². The van der Waals surface area contributed by atoms with Crippen LogP contribution in [0.3, 0.4) is 0 Å². The molecule has 298 valence electrons. The number of nitrogens with one attached hydrogen (secondary N) is 2. The fourth-order valence-corrected chi connectivity index (χ4v) is 7.89. The quantitative estimate of drug-likeness (QED) is 0.142. The van der Waals surface area contributed by atoms with E-state index < -0.39 is 0 Å². The maximum absolute atomic E-state index is 13.7. The van der Waals surface area contributed by atoms with Crippen LogP contribution in [-0.2, 0) is 16.8 Å². The lowest BCUT2D eigenvalue weighted by atomic mass is 9.85. The van der Waals surface area contributed by atoms with Crippen LogP contribution < -0.4 is 20.3 Å². The van der Waals surface area contributed by atoms with E-state index in [1.54, 1.807) is 10.9 Å². The molecule has 1 aromatic carbocycles. The van der Waals surface area contributed by atoms with Crippen molar-refractivity contribution in [1.82, 2.24) is 44.4 Å². The van der Waals surface area contributed by atoms with Crippen molar-refractivity contribution in [2.75, 3.05) is 36.4 Å². The van der Waals surface area contributed by atoms with E-state index in [0.29, 0.717) is 31.4 Å². The van der Waals surface area contributed by atoms with Crippen molar-refractivity contribution in [3.63, 3.8) is 0 Å². The van der Waals surface area contributed by atoms with Gasteiger partial charge in [0, 0.05) is 43.7 Å². The molecule has 4 aromatic heterocycles. The van der Waals surface area contributed by atoms with Crippen molar-refractivity contribution in [2.24, 2.45) is 0 Å². The molecular formula is C40H53N11O5. The first kappa shape index (κ1) is 38.8. The normalized spacial score (nSPS) is 21.3. The summed E-state index contributed by atoms with van der Waals surface area (Å²) < 4.78 is 12.4. The van der Waals surface area contributed by atoms with Gasteiger partial charge in [-0.3, -0.25) is 24.1 Å². The number of carbonyl (C=O) groups is 2. The molecule has 2 fully saturated rings. The number of aliphatic hydroxyl groups is 1. The summed E-state index contributed by atoms with van der Waals surface area (Å²) >= 11 is 0. The number of amides is 2. The molecule has 0 spiro atoms. The molecule has 0 bridgehead atoms. The Labute approximate surface area is 326 Å². The smallest absolute Gasteiger partial charge is 0.320 e. The number of ether oxygens (including phenoxy) is 1. The van der Waals surface area contributed by atoms with Gasteiger partial charge in [0.1, 0.15) is 23.4 Å². The van der Waals surface area contributed by atoms with E-state index in [9.17, 15) is 9.90 Å². The summed E-state index contributed by atoms with van der Waals surface area (Å²) in [7, 11) is 0. The zero-order chi connectivity index (χ0) is 39.4. The molecule has 4 N–H and O–H groups in total. The molecule has 3 aliphatic rings. The van der Waals surface area contributed by atoms with Crippen LogP contribution >= 0.6 is 0 Å². The molecule has 2 amide bonds. The lowest BCUT2D eigenvalue weighted by Gasteiger charge is -2.33. The summed E-state index contributed by atoms with van der Waals surface area (Å²) in [5.41, 5.74) is 4.30. The molecule has 0 saturated carbocycles. The van der Waals surface area contributed by atoms with E-state index in [2.05, 4.69) is 75.6 Å². The summed E-state index contributed by atoms with van der Waals surface area (Å²) in [6.07, 6.45) is 11.1. The van der Waals surface area contributed by atoms with Gasteiger partial charge in [-0.2, -0.15) is 10.2 Å². The first-order valence-corrected chi connectivity index (χ1v) is 19.6. The predicted molar refractivity (Wildman–Crippen MR) is 211 cm³/mol. The second kappa shape index (κ2) is 16.7. The molecule has 16 heteroatoms. The Bertz CT molecular complexity index is 2120. The van der Waals surface area contributed by atoms with Crippen molar-refractivity contribution >= 4 is 29.9 Å². The van der Waals surface area contributed by atoms with Crippen LogP contribution in [0.25, 0.3) is 11.3 Å². The van der Waals surface area contributed by atoms with Crippen LogP contribution in [0.4, 0.5) is 16.6 Å². The van der Waals surface area contributed by atoms with E-state index in [-0.39, 0.29) is 36.2 Å². The average Bonchev–Trinajstić information content (AvgIpc) is 3.99. The lowest BCUT2D eigenvalue weighted by Crippen LogP contribution is -2.38. The van der Waals surface area contributed by atoms with Gasteiger partial charge < -0.3 is 25.2 Å². The molecule has 5 aromatic rings. The Kier molecular flexibility index (Phi) is 11.6. The fourth-order valence-electron chi connectivity index (χ4n) is 7.89. The number of aromatic nitrogens is 7. The summed E-state index contributed by atoms with van der Waals surface area (Å²) in [6, 6.07) is 14.0. The van der Waals surface area contributed by atoms with Crippen molar-refractivity contribution in [2.45, 2.75) is 102 Å². The highest BCUT2D eigenvalue weighted by molar-refractivity contribution is 5.89. The number of carbonyl (C=O) groups excluding carboxylic acids is 1. The summed E-state index contributed by atoms with van der Waals surface area (Å²) in [5.74, 6) is 2.19. The van der Waals surface area contributed by atoms with Crippen molar-refractivity contribution in [3.05, 3.63) is 77.9 Å². The second-order valence-electron chi connectivity index (χ2n) is 16.0. The maximum Gasteiger partial charge on any atom is 0.320 e. The predicted octanol–water partition coefficient (Wildman–Crippen LogP) is 5.33. The van der Waals surface area contributed by atoms with E-state index in [0.717, 1.165) is 85.2 Å². The van der Waals surface area contributed by atoms with Crippen molar-refractivity contribution in [1.29, 1.82) is 0 Å². The number of hydrogen-bond donors (Lipinski definition) is 4. The van der Waals surface area contributed by atoms with Gasteiger partial charge >= 0.3 is 6.03 Å². The maximum atomic E-state index is 13.7. The first-order chi connectivity index (χ1) is 27.0. The number of carboxylic acid groups (broad SMARTS) is 1. The number of hydrogen-bond acceptors (Lipinski definition) is 10. The van der Waals surface area contributed by atoms with Crippen LogP contribution in [0.2, 0.25) is 0 Å². The van der Waals surface area contributed by atoms with Crippen LogP contribution in [0.5, 0.6) is 5.75 Å². The van der Waals surface area contributed by atoms with Gasteiger partial charge in [-0.15, -0.1) is 10.2 Å². The first-order valence-electron chi connectivity index (χ1n) is 19.6. The minimum absolute atomic E-state index is 0.165. The Morgan fingerprint density at radius 3 is 2.55 bits per heavy atom. The molecule has 4 atom stereocenters. The van der Waals surface area contributed by atoms with Gasteiger partial charge in [-0.1, -0.05) is 45.0 Å². The van der Waals surface area contributed by atoms with Crippen LogP contribution in [0.15, 0.2) is 61.1 Å². The van der Waals surface area contributed by atoms with Crippen molar-refractivity contribution < 1.29 is 24.5 Å². The average molecular weight is 768 g/mol. The SMILES string of the molecule is C[C@H]1CCCCN1c1nnc2ccc(O[C@@H]3CC[C@H](NC(=O)Nc4cc(C(C)(C)C)nn4-c4cnn(CCN5CC[C@H](O)C5)c4)c4ccccc43)cn12.O=CO. The highest BCUT2D eigenvalue weighted by Gasteiger charge is 2.31.